The van der Waals surface area contributed by atoms with Gasteiger partial charge in [-0.2, -0.15) is 0 Å². The van der Waals surface area contributed by atoms with Crippen LogP contribution >= 0.6 is 0 Å². The van der Waals surface area contributed by atoms with E-state index in [-0.39, 0.29) is 17.9 Å². The zero-order valence-corrected chi connectivity index (χ0v) is 8.67. The average Bonchev–Trinajstić information content (AvgIpc) is 2.05. The minimum Gasteiger partial charge on any atom is -0.465 e. The number of nitrogens with one attached hydrogen (secondary N) is 1. The molecule has 0 radical (unpaired) electrons. The maximum absolute atomic E-state index is 11.4. The fourth-order valence-electron chi connectivity index (χ4n) is 1.03. The van der Waals surface area contributed by atoms with E-state index in [4.69, 9.17) is 4.74 Å². The Morgan fingerprint density at radius 1 is 1.62 bits per heavy atom. The molecular formula is C10H19NO2. The van der Waals surface area contributed by atoms with Crippen LogP contribution in [0.2, 0.25) is 0 Å². The Morgan fingerprint density at radius 2 is 2.23 bits per heavy atom. The lowest BCUT2D eigenvalue weighted by atomic mass is 10.0. The quantitative estimate of drug-likeness (QED) is 0.501. The van der Waals surface area contributed by atoms with Gasteiger partial charge in [0.05, 0.1) is 6.61 Å². The molecule has 76 valence electrons. The molecule has 1 atom stereocenters. The molecule has 1 N–H and O–H groups in total. The van der Waals surface area contributed by atoms with Gasteiger partial charge in [0.25, 0.3) is 0 Å². The molecule has 0 heterocycles. The van der Waals surface area contributed by atoms with E-state index in [1.165, 1.54) is 0 Å². The van der Waals surface area contributed by atoms with Gasteiger partial charge in [0.1, 0.15) is 6.04 Å². The van der Waals surface area contributed by atoms with E-state index >= 15 is 0 Å². The van der Waals surface area contributed by atoms with E-state index in [1.54, 1.807) is 6.08 Å². The lowest BCUT2D eigenvalue weighted by molar-refractivity contribution is -0.146. The zero-order chi connectivity index (χ0) is 10.3. The van der Waals surface area contributed by atoms with E-state index in [0.29, 0.717) is 13.2 Å². The van der Waals surface area contributed by atoms with E-state index < -0.39 is 0 Å². The molecule has 0 aliphatic heterocycles. The number of esters is 1. The Morgan fingerprint density at radius 3 is 2.62 bits per heavy atom. The van der Waals surface area contributed by atoms with E-state index in [1.807, 2.05) is 20.8 Å². The van der Waals surface area contributed by atoms with Crippen LogP contribution in [0.15, 0.2) is 12.7 Å². The van der Waals surface area contributed by atoms with Gasteiger partial charge in [0, 0.05) is 6.54 Å². The van der Waals surface area contributed by atoms with Crippen molar-refractivity contribution in [3.05, 3.63) is 12.7 Å². The lowest BCUT2D eigenvalue weighted by Gasteiger charge is -2.19. The van der Waals surface area contributed by atoms with Crippen LogP contribution in [0.4, 0.5) is 0 Å². The van der Waals surface area contributed by atoms with Gasteiger partial charge in [-0.15, -0.1) is 6.58 Å². The highest BCUT2D eigenvalue weighted by molar-refractivity contribution is 5.76. The SMILES string of the molecule is C=CCN[C@H](C(=O)OCC)C(C)C. The second-order valence-electron chi connectivity index (χ2n) is 3.17. The summed E-state index contributed by atoms with van der Waals surface area (Å²) in [6, 6.07) is -0.224. The summed E-state index contributed by atoms with van der Waals surface area (Å²) in [5.74, 6) is 0.0540. The molecule has 0 aromatic rings. The van der Waals surface area contributed by atoms with Gasteiger partial charge in [-0.25, -0.2) is 0 Å². The predicted molar refractivity (Wildman–Crippen MR) is 53.5 cm³/mol. The maximum Gasteiger partial charge on any atom is 0.323 e. The van der Waals surface area contributed by atoms with Crippen molar-refractivity contribution in [2.24, 2.45) is 5.92 Å². The number of carbonyl (C=O) groups excluding carboxylic acids is 1. The first kappa shape index (κ1) is 12.2. The Balaban J connectivity index is 4.06. The Labute approximate surface area is 80.2 Å². The fourth-order valence-corrected chi connectivity index (χ4v) is 1.03. The van der Waals surface area contributed by atoms with Crippen molar-refractivity contribution in [3.8, 4) is 0 Å². The molecular weight excluding hydrogens is 166 g/mol. The monoisotopic (exact) mass is 185 g/mol. The smallest absolute Gasteiger partial charge is 0.323 e. The Hall–Kier alpha value is -0.830. The normalized spacial score (nSPS) is 12.6. The first-order valence-electron chi connectivity index (χ1n) is 4.64. The molecule has 0 fully saturated rings. The van der Waals surface area contributed by atoms with Crippen molar-refractivity contribution < 1.29 is 9.53 Å². The highest BCUT2D eigenvalue weighted by atomic mass is 16.5. The number of carbonyl (C=O) groups is 1. The molecule has 0 aliphatic rings. The van der Waals surface area contributed by atoms with Crippen LogP contribution < -0.4 is 5.32 Å². The largest absolute Gasteiger partial charge is 0.465 e. The van der Waals surface area contributed by atoms with Crippen LogP contribution in [0, 0.1) is 5.92 Å². The molecule has 0 unspecified atom stereocenters. The number of hydrogen-bond acceptors (Lipinski definition) is 3. The summed E-state index contributed by atoms with van der Waals surface area (Å²) in [5, 5.41) is 3.06. The summed E-state index contributed by atoms with van der Waals surface area (Å²) in [6.07, 6.45) is 1.73. The molecule has 0 aromatic carbocycles. The van der Waals surface area contributed by atoms with Crippen molar-refractivity contribution in [2.45, 2.75) is 26.8 Å². The lowest BCUT2D eigenvalue weighted by Crippen LogP contribution is -2.42. The van der Waals surface area contributed by atoms with Gasteiger partial charge < -0.3 is 10.1 Å². The first-order chi connectivity index (χ1) is 6.13. The third-order valence-electron chi connectivity index (χ3n) is 1.69. The molecule has 3 nitrogen and oxygen atoms in total. The second kappa shape index (κ2) is 6.66. The van der Waals surface area contributed by atoms with Gasteiger partial charge in [-0.3, -0.25) is 4.79 Å². The summed E-state index contributed by atoms with van der Waals surface area (Å²) in [5.41, 5.74) is 0. The van der Waals surface area contributed by atoms with Crippen molar-refractivity contribution in [1.82, 2.24) is 5.32 Å². The molecule has 0 spiro atoms. The van der Waals surface area contributed by atoms with Gasteiger partial charge in [-0.1, -0.05) is 19.9 Å². The minimum atomic E-state index is -0.224. The molecule has 0 rings (SSSR count). The van der Waals surface area contributed by atoms with Gasteiger partial charge in [0.2, 0.25) is 0 Å². The van der Waals surface area contributed by atoms with Crippen molar-refractivity contribution in [2.75, 3.05) is 13.2 Å². The second-order valence-corrected chi connectivity index (χ2v) is 3.17. The molecule has 0 amide bonds. The van der Waals surface area contributed by atoms with Gasteiger partial charge in [0.15, 0.2) is 0 Å². The van der Waals surface area contributed by atoms with Gasteiger partial charge >= 0.3 is 5.97 Å². The fraction of sp³-hybridized carbons (Fsp3) is 0.700. The summed E-state index contributed by atoms with van der Waals surface area (Å²) in [7, 11) is 0. The number of ether oxygens (including phenoxy) is 1. The Kier molecular flexibility index (Phi) is 6.24. The number of hydrogen-bond donors (Lipinski definition) is 1. The van der Waals surface area contributed by atoms with Crippen molar-refractivity contribution in [3.63, 3.8) is 0 Å². The highest BCUT2D eigenvalue weighted by Gasteiger charge is 2.21. The summed E-state index contributed by atoms with van der Waals surface area (Å²) >= 11 is 0. The molecule has 3 heteroatoms. The predicted octanol–water partition coefficient (Wildman–Crippen LogP) is 1.35. The molecule has 13 heavy (non-hydrogen) atoms. The Bertz CT molecular complexity index is 166. The number of rotatable bonds is 6. The zero-order valence-electron chi connectivity index (χ0n) is 8.67. The molecule has 0 saturated heterocycles. The summed E-state index contributed by atoms with van der Waals surface area (Å²) < 4.78 is 4.93. The highest BCUT2D eigenvalue weighted by Crippen LogP contribution is 2.03. The van der Waals surface area contributed by atoms with Crippen LogP contribution in [-0.4, -0.2) is 25.2 Å². The molecule has 0 aromatic heterocycles. The van der Waals surface area contributed by atoms with Crippen LogP contribution in [0.1, 0.15) is 20.8 Å². The van der Waals surface area contributed by atoms with Crippen molar-refractivity contribution >= 4 is 5.97 Å². The van der Waals surface area contributed by atoms with Crippen LogP contribution in [0.25, 0.3) is 0 Å². The van der Waals surface area contributed by atoms with Crippen LogP contribution in [0.3, 0.4) is 0 Å². The molecule has 0 bridgehead atoms. The topological polar surface area (TPSA) is 38.3 Å². The van der Waals surface area contributed by atoms with E-state index in [2.05, 4.69) is 11.9 Å². The maximum atomic E-state index is 11.4. The average molecular weight is 185 g/mol. The summed E-state index contributed by atoms with van der Waals surface area (Å²) in [4.78, 5) is 11.4. The van der Waals surface area contributed by atoms with E-state index in [9.17, 15) is 4.79 Å². The third-order valence-corrected chi connectivity index (χ3v) is 1.69. The summed E-state index contributed by atoms with van der Waals surface area (Å²) in [6.45, 7) is 10.4. The molecule has 0 saturated carbocycles. The standard InChI is InChI=1S/C10H19NO2/c1-5-7-11-9(8(3)4)10(12)13-6-2/h5,8-9,11H,1,6-7H2,2-4H3/t9-/m0/s1. The minimum absolute atomic E-state index is 0.181. The van der Waals surface area contributed by atoms with Gasteiger partial charge in [-0.05, 0) is 12.8 Å². The third kappa shape index (κ3) is 4.68. The molecule has 0 aliphatic carbocycles. The van der Waals surface area contributed by atoms with Crippen LogP contribution in [-0.2, 0) is 9.53 Å². The van der Waals surface area contributed by atoms with Crippen molar-refractivity contribution in [1.29, 1.82) is 0 Å². The van der Waals surface area contributed by atoms with E-state index in [0.717, 1.165) is 0 Å². The van der Waals surface area contributed by atoms with Crippen LogP contribution in [0.5, 0.6) is 0 Å². The first-order valence-corrected chi connectivity index (χ1v) is 4.64.